The molecule has 0 bridgehead atoms. The number of nitrogens with zero attached hydrogens (tertiary/aromatic N) is 1. The van der Waals surface area contributed by atoms with Crippen molar-refractivity contribution in [2.75, 3.05) is 24.5 Å². The molecule has 1 aromatic heterocycles. The van der Waals surface area contributed by atoms with Crippen LogP contribution in [0.2, 0.25) is 0 Å². The normalized spacial score (nSPS) is 18.4. The van der Waals surface area contributed by atoms with Gasteiger partial charge < -0.3 is 9.73 Å². The largest absolute Gasteiger partial charge is 0.433 e. The lowest BCUT2D eigenvalue weighted by Crippen LogP contribution is -2.34. The number of furan rings is 1. The van der Waals surface area contributed by atoms with Crippen LogP contribution in [0, 0.1) is 0 Å². The lowest BCUT2D eigenvalue weighted by Gasteiger charge is -2.16. The first-order chi connectivity index (χ1) is 6.77. The van der Waals surface area contributed by atoms with Gasteiger partial charge in [-0.15, -0.1) is 0 Å². The number of nitrogens with one attached hydrogen (secondary N) is 1. The summed E-state index contributed by atoms with van der Waals surface area (Å²) in [5.41, 5.74) is 0. The molecule has 0 unspecified atom stereocenters. The average Bonchev–Trinajstić information content (AvgIpc) is 2.46. The van der Waals surface area contributed by atoms with Crippen LogP contribution < -0.4 is 10.2 Å². The Morgan fingerprint density at radius 2 is 2.36 bits per heavy atom. The molecule has 1 aliphatic heterocycles. The summed E-state index contributed by atoms with van der Waals surface area (Å²) in [6, 6.07) is 3.59. The van der Waals surface area contributed by atoms with E-state index in [4.69, 9.17) is 4.42 Å². The quantitative estimate of drug-likeness (QED) is 0.828. The monoisotopic (exact) mass is 258 g/mol. The number of amides is 1. The predicted molar refractivity (Wildman–Crippen MR) is 56.2 cm³/mol. The first-order valence-electron chi connectivity index (χ1n) is 4.54. The Morgan fingerprint density at radius 3 is 3.07 bits per heavy atom. The molecule has 1 N–H and O–H groups in total. The van der Waals surface area contributed by atoms with Gasteiger partial charge in [0, 0.05) is 12.6 Å². The van der Waals surface area contributed by atoms with Gasteiger partial charge in [-0.05, 0) is 35.0 Å². The third-order valence-corrected chi connectivity index (χ3v) is 2.56. The van der Waals surface area contributed by atoms with Gasteiger partial charge in [0.25, 0.3) is 0 Å². The maximum Gasteiger partial charge on any atom is 0.243 e. The minimum Gasteiger partial charge on any atom is -0.433 e. The summed E-state index contributed by atoms with van der Waals surface area (Å²) in [6.45, 7) is 1.98. The van der Waals surface area contributed by atoms with Gasteiger partial charge >= 0.3 is 0 Å². The molecule has 5 heteroatoms. The molecule has 0 atom stereocenters. The van der Waals surface area contributed by atoms with Gasteiger partial charge in [-0.25, -0.2) is 0 Å². The maximum atomic E-state index is 11.6. The Morgan fingerprint density at radius 1 is 1.50 bits per heavy atom. The van der Waals surface area contributed by atoms with Crippen molar-refractivity contribution in [3.63, 3.8) is 0 Å². The Balaban J connectivity index is 2.18. The van der Waals surface area contributed by atoms with E-state index in [0.717, 1.165) is 13.0 Å². The molecule has 1 aliphatic rings. The van der Waals surface area contributed by atoms with Crippen LogP contribution in [0.25, 0.3) is 0 Å². The summed E-state index contributed by atoms with van der Waals surface area (Å²) in [5.74, 6) is 0.676. The number of hydrogen-bond acceptors (Lipinski definition) is 3. The summed E-state index contributed by atoms with van der Waals surface area (Å²) in [5, 5.41) is 3.06. The average molecular weight is 259 g/mol. The topological polar surface area (TPSA) is 45.5 Å². The molecule has 4 nitrogen and oxygen atoms in total. The fourth-order valence-electron chi connectivity index (χ4n) is 1.46. The minimum absolute atomic E-state index is 0.0596. The highest BCUT2D eigenvalue weighted by atomic mass is 79.9. The standard InChI is InChI=1S/C9H11BrN2O2/c10-7-2-3-9(14-7)12-5-1-4-11-6-8(12)13/h2-3,11H,1,4-6H2. The van der Waals surface area contributed by atoms with Gasteiger partial charge in [-0.1, -0.05) is 0 Å². The van der Waals surface area contributed by atoms with E-state index in [9.17, 15) is 4.79 Å². The summed E-state index contributed by atoms with van der Waals surface area (Å²) in [7, 11) is 0. The van der Waals surface area contributed by atoms with E-state index in [1.165, 1.54) is 0 Å². The van der Waals surface area contributed by atoms with E-state index in [0.29, 0.717) is 23.6 Å². The molecule has 0 saturated carbocycles. The van der Waals surface area contributed by atoms with Crippen molar-refractivity contribution < 1.29 is 9.21 Å². The Kier molecular flexibility index (Phi) is 2.88. The van der Waals surface area contributed by atoms with Crippen LogP contribution >= 0.6 is 15.9 Å². The van der Waals surface area contributed by atoms with Crippen LogP contribution in [0.5, 0.6) is 0 Å². The Labute approximate surface area is 90.4 Å². The molecule has 0 aromatic carbocycles. The van der Waals surface area contributed by atoms with Crippen molar-refractivity contribution in [3.05, 3.63) is 16.8 Å². The van der Waals surface area contributed by atoms with Crippen LogP contribution in [-0.2, 0) is 4.79 Å². The van der Waals surface area contributed by atoms with Crippen LogP contribution in [0.15, 0.2) is 21.2 Å². The Hall–Kier alpha value is -0.810. The minimum atomic E-state index is 0.0596. The lowest BCUT2D eigenvalue weighted by molar-refractivity contribution is -0.117. The zero-order valence-corrected chi connectivity index (χ0v) is 9.21. The smallest absolute Gasteiger partial charge is 0.243 e. The molecule has 0 aliphatic carbocycles. The first kappa shape index (κ1) is 9.73. The molecular weight excluding hydrogens is 248 g/mol. The summed E-state index contributed by atoms with van der Waals surface area (Å²) in [4.78, 5) is 13.3. The SMILES string of the molecule is O=C1CNCCCN1c1ccc(Br)o1. The predicted octanol–water partition coefficient (Wildman–Crippen LogP) is 1.37. The van der Waals surface area contributed by atoms with Gasteiger partial charge in [0.1, 0.15) is 0 Å². The molecule has 1 saturated heterocycles. The second-order valence-corrected chi connectivity index (χ2v) is 3.94. The van der Waals surface area contributed by atoms with Crippen molar-refractivity contribution in [3.8, 4) is 0 Å². The van der Waals surface area contributed by atoms with Crippen LogP contribution in [0.1, 0.15) is 6.42 Å². The maximum absolute atomic E-state index is 11.6. The molecule has 1 fully saturated rings. The van der Waals surface area contributed by atoms with E-state index in [-0.39, 0.29) is 5.91 Å². The van der Waals surface area contributed by atoms with Gasteiger partial charge in [0.2, 0.25) is 11.8 Å². The summed E-state index contributed by atoms with van der Waals surface area (Å²) < 4.78 is 5.99. The highest BCUT2D eigenvalue weighted by molar-refractivity contribution is 9.10. The van der Waals surface area contributed by atoms with E-state index in [1.54, 1.807) is 17.0 Å². The number of anilines is 1. The first-order valence-corrected chi connectivity index (χ1v) is 5.33. The molecule has 76 valence electrons. The van der Waals surface area contributed by atoms with Crippen LogP contribution in [0.3, 0.4) is 0 Å². The molecule has 1 aromatic rings. The second-order valence-electron chi connectivity index (χ2n) is 3.15. The summed E-state index contributed by atoms with van der Waals surface area (Å²) in [6.07, 6.45) is 0.948. The van der Waals surface area contributed by atoms with Crippen molar-refractivity contribution >= 4 is 27.7 Å². The highest BCUT2D eigenvalue weighted by Crippen LogP contribution is 2.23. The molecule has 0 radical (unpaired) electrons. The van der Waals surface area contributed by atoms with Crippen molar-refractivity contribution in [1.29, 1.82) is 0 Å². The zero-order chi connectivity index (χ0) is 9.97. The fourth-order valence-corrected chi connectivity index (χ4v) is 1.76. The van der Waals surface area contributed by atoms with Gasteiger partial charge in [-0.3, -0.25) is 9.69 Å². The number of carbonyl (C=O) groups is 1. The third-order valence-electron chi connectivity index (χ3n) is 2.14. The molecular formula is C9H11BrN2O2. The number of carbonyl (C=O) groups excluding carboxylic acids is 1. The van der Waals surface area contributed by atoms with Gasteiger partial charge in [0.05, 0.1) is 6.54 Å². The van der Waals surface area contributed by atoms with Gasteiger partial charge in [0.15, 0.2) is 4.67 Å². The number of rotatable bonds is 1. The van der Waals surface area contributed by atoms with Crippen molar-refractivity contribution in [2.45, 2.75) is 6.42 Å². The second kappa shape index (κ2) is 4.14. The lowest BCUT2D eigenvalue weighted by atomic mass is 10.4. The zero-order valence-electron chi connectivity index (χ0n) is 7.62. The van der Waals surface area contributed by atoms with E-state index >= 15 is 0 Å². The fraction of sp³-hybridized carbons (Fsp3) is 0.444. The molecule has 14 heavy (non-hydrogen) atoms. The van der Waals surface area contributed by atoms with Gasteiger partial charge in [-0.2, -0.15) is 0 Å². The van der Waals surface area contributed by atoms with E-state index < -0.39 is 0 Å². The molecule has 2 heterocycles. The highest BCUT2D eigenvalue weighted by Gasteiger charge is 2.20. The van der Waals surface area contributed by atoms with Crippen LogP contribution in [0.4, 0.5) is 5.88 Å². The Bertz CT molecular complexity index is 337. The number of halogens is 1. The van der Waals surface area contributed by atoms with E-state index in [2.05, 4.69) is 21.2 Å². The number of hydrogen-bond donors (Lipinski definition) is 1. The molecule has 1 amide bonds. The third kappa shape index (κ3) is 1.99. The molecule has 2 rings (SSSR count). The van der Waals surface area contributed by atoms with Crippen molar-refractivity contribution in [1.82, 2.24) is 5.32 Å². The van der Waals surface area contributed by atoms with Crippen molar-refractivity contribution in [2.24, 2.45) is 0 Å². The van der Waals surface area contributed by atoms with Crippen LogP contribution in [-0.4, -0.2) is 25.5 Å². The molecule has 0 spiro atoms. The summed E-state index contributed by atoms with van der Waals surface area (Å²) >= 11 is 3.22. The van der Waals surface area contributed by atoms with E-state index in [1.807, 2.05) is 0 Å².